The molecule has 1 saturated heterocycles. The average molecular weight is 202 g/mol. The van der Waals surface area contributed by atoms with Crippen LogP contribution in [0.4, 0.5) is 0 Å². The van der Waals surface area contributed by atoms with E-state index in [1.807, 2.05) is 6.92 Å². The molecule has 0 aliphatic carbocycles. The molecule has 0 aromatic carbocycles. The summed E-state index contributed by atoms with van der Waals surface area (Å²) in [7, 11) is 0. The molecule has 0 saturated carbocycles. The van der Waals surface area contributed by atoms with Gasteiger partial charge in [0.25, 0.3) is 0 Å². The van der Waals surface area contributed by atoms with Gasteiger partial charge in [0, 0.05) is 12.1 Å². The molecule has 1 rings (SSSR count). The molecule has 13 heavy (non-hydrogen) atoms. The lowest BCUT2D eigenvalue weighted by Crippen LogP contribution is -2.41. The lowest BCUT2D eigenvalue weighted by Gasteiger charge is -2.32. The number of hydrogen-bond donors (Lipinski definition) is 0. The molecule has 1 aliphatic rings. The molecular formula is C10H16ClNO. The first-order valence-corrected chi connectivity index (χ1v) is 5.16. The van der Waals surface area contributed by atoms with Crippen LogP contribution in [0.1, 0.15) is 26.2 Å². The summed E-state index contributed by atoms with van der Waals surface area (Å²) in [5.74, 6) is 0. The summed E-state index contributed by atoms with van der Waals surface area (Å²) in [5.41, 5.74) is 2.71. The van der Waals surface area contributed by atoms with Gasteiger partial charge in [-0.1, -0.05) is 18.0 Å². The van der Waals surface area contributed by atoms with E-state index >= 15 is 0 Å². The number of piperidine rings is 1. The molecule has 2 nitrogen and oxygen atoms in total. The molecular weight excluding hydrogens is 186 g/mol. The van der Waals surface area contributed by atoms with Crippen molar-refractivity contribution in [1.82, 2.24) is 4.90 Å². The summed E-state index contributed by atoms with van der Waals surface area (Å²) in [6.07, 6.45) is 4.42. The van der Waals surface area contributed by atoms with Crippen molar-refractivity contribution in [3.63, 3.8) is 0 Å². The Morgan fingerprint density at radius 3 is 3.00 bits per heavy atom. The fourth-order valence-electron chi connectivity index (χ4n) is 1.72. The van der Waals surface area contributed by atoms with Crippen molar-refractivity contribution < 1.29 is 4.79 Å². The van der Waals surface area contributed by atoms with Crippen LogP contribution in [0.2, 0.25) is 0 Å². The van der Waals surface area contributed by atoms with Crippen LogP contribution >= 0.6 is 11.6 Å². The molecule has 0 radical (unpaired) electrons. The fourth-order valence-corrected chi connectivity index (χ4v) is 1.79. The molecule has 0 aromatic heterocycles. The zero-order valence-electron chi connectivity index (χ0n) is 8.00. The van der Waals surface area contributed by atoms with Gasteiger partial charge < -0.3 is 4.79 Å². The Morgan fingerprint density at radius 2 is 2.38 bits per heavy atom. The van der Waals surface area contributed by atoms with Crippen LogP contribution in [-0.2, 0) is 4.79 Å². The van der Waals surface area contributed by atoms with Crippen LogP contribution in [0, 0.1) is 0 Å². The molecule has 0 aromatic rings. The lowest BCUT2D eigenvalue weighted by molar-refractivity contribution is -0.113. The Kier molecular flexibility index (Phi) is 4.46. The maximum atomic E-state index is 10.7. The molecule has 1 fully saturated rings. The zero-order valence-corrected chi connectivity index (χ0v) is 8.76. The van der Waals surface area contributed by atoms with E-state index in [2.05, 4.69) is 4.90 Å². The number of halogens is 1. The van der Waals surface area contributed by atoms with Gasteiger partial charge in [-0.2, -0.15) is 0 Å². The lowest BCUT2D eigenvalue weighted by atomic mass is 10.0. The van der Waals surface area contributed by atoms with Crippen LogP contribution in [0.5, 0.6) is 0 Å². The van der Waals surface area contributed by atoms with E-state index in [1.165, 1.54) is 12.8 Å². The molecule has 0 N–H and O–H groups in total. The standard InChI is InChI=1S/C10H16ClNO/c1-9(6-11)7-12-5-3-2-4-10(12)8-13/h6,8,10H,2-5,7H2,1H3. The monoisotopic (exact) mass is 201 g/mol. The van der Waals surface area contributed by atoms with E-state index in [0.29, 0.717) is 0 Å². The first-order valence-electron chi connectivity index (χ1n) is 4.73. The summed E-state index contributed by atoms with van der Waals surface area (Å²) in [5, 5.41) is 0. The van der Waals surface area contributed by atoms with E-state index in [4.69, 9.17) is 11.6 Å². The van der Waals surface area contributed by atoms with Crippen LogP contribution in [0.3, 0.4) is 0 Å². The van der Waals surface area contributed by atoms with Crippen molar-refractivity contribution >= 4 is 17.9 Å². The second-order valence-corrected chi connectivity index (χ2v) is 3.84. The summed E-state index contributed by atoms with van der Waals surface area (Å²) in [6, 6.07) is 0.111. The highest BCUT2D eigenvalue weighted by atomic mass is 35.5. The minimum atomic E-state index is 0.111. The molecule has 1 atom stereocenters. The first kappa shape index (κ1) is 10.7. The molecule has 0 bridgehead atoms. The van der Waals surface area contributed by atoms with Crippen LogP contribution < -0.4 is 0 Å². The van der Waals surface area contributed by atoms with Gasteiger partial charge in [0.2, 0.25) is 0 Å². The number of hydrogen-bond acceptors (Lipinski definition) is 2. The average Bonchev–Trinajstić information content (AvgIpc) is 2.18. The summed E-state index contributed by atoms with van der Waals surface area (Å²) < 4.78 is 0. The minimum absolute atomic E-state index is 0.111. The van der Waals surface area contributed by atoms with E-state index in [9.17, 15) is 4.79 Å². The largest absolute Gasteiger partial charge is 0.302 e. The molecule has 3 heteroatoms. The Hall–Kier alpha value is -0.340. The van der Waals surface area contributed by atoms with Gasteiger partial charge in [-0.3, -0.25) is 4.90 Å². The molecule has 0 amide bonds. The van der Waals surface area contributed by atoms with Crippen molar-refractivity contribution in [3.8, 4) is 0 Å². The van der Waals surface area contributed by atoms with Crippen molar-refractivity contribution in [3.05, 3.63) is 11.1 Å². The minimum Gasteiger partial charge on any atom is -0.302 e. The smallest absolute Gasteiger partial charge is 0.137 e. The number of carbonyl (C=O) groups excluding carboxylic acids is 1. The number of rotatable bonds is 3. The Labute approximate surface area is 84.6 Å². The van der Waals surface area contributed by atoms with Crippen molar-refractivity contribution in [1.29, 1.82) is 0 Å². The van der Waals surface area contributed by atoms with Gasteiger partial charge in [-0.15, -0.1) is 0 Å². The van der Waals surface area contributed by atoms with Gasteiger partial charge in [0.15, 0.2) is 0 Å². The highest BCUT2D eigenvalue weighted by Crippen LogP contribution is 2.16. The van der Waals surface area contributed by atoms with Crippen LogP contribution in [0.15, 0.2) is 11.1 Å². The van der Waals surface area contributed by atoms with Gasteiger partial charge in [0.05, 0.1) is 6.04 Å². The number of aldehydes is 1. The van der Waals surface area contributed by atoms with E-state index in [0.717, 1.165) is 31.4 Å². The van der Waals surface area contributed by atoms with Crippen LogP contribution in [0.25, 0.3) is 0 Å². The molecule has 1 heterocycles. The maximum Gasteiger partial charge on any atom is 0.137 e. The summed E-state index contributed by atoms with van der Waals surface area (Å²) in [6.45, 7) is 3.84. The summed E-state index contributed by atoms with van der Waals surface area (Å²) in [4.78, 5) is 12.9. The Balaban J connectivity index is 2.49. The third-order valence-electron chi connectivity index (χ3n) is 2.46. The Morgan fingerprint density at radius 1 is 1.62 bits per heavy atom. The summed E-state index contributed by atoms with van der Waals surface area (Å²) >= 11 is 5.59. The second kappa shape index (κ2) is 5.40. The zero-order chi connectivity index (χ0) is 9.68. The topological polar surface area (TPSA) is 20.3 Å². The number of likely N-dealkylation sites (tertiary alicyclic amines) is 1. The third-order valence-corrected chi connectivity index (χ3v) is 2.83. The fraction of sp³-hybridized carbons (Fsp3) is 0.700. The van der Waals surface area contributed by atoms with E-state index in [-0.39, 0.29) is 6.04 Å². The third kappa shape index (κ3) is 3.12. The maximum absolute atomic E-state index is 10.7. The predicted octanol–water partition coefficient (Wildman–Crippen LogP) is 2.18. The highest BCUT2D eigenvalue weighted by Gasteiger charge is 2.21. The number of nitrogens with zero attached hydrogens (tertiary/aromatic N) is 1. The Bertz CT molecular complexity index is 203. The predicted molar refractivity (Wildman–Crippen MR) is 54.9 cm³/mol. The normalized spacial score (nSPS) is 26.0. The SMILES string of the molecule is CC(=CCl)CN1CCCCC1C=O. The molecule has 1 unspecified atom stereocenters. The van der Waals surface area contributed by atoms with Crippen molar-refractivity contribution in [2.24, 2.45) is 0 Å². The van der Waals surface area contributed by atoms with Gasteiger partial charge in [-0.05, 0) is 31.9 Å². The first-order chi connectivity index (χ1) is 6.27. The molecule has 74 valence electrons. The van der Waals surface area contributed by atoms with Crippen molar-refractivity contribution in [2.45, 2.75) is 32.2 Å². The van der Waals surface area contributed by atoms with Gasteiger partial charge in [-0.25, -0.2) is 0 Å². The van der Waals surface area contributed by atoms with Crippen LogP contribution in [-0.4, -0.2) is 30.3 Å². The molecule has 1 aliphatic heterocycles. The quantitative estimate of drug-likeness (QED) is 0.653. The van der Waals surface area contributed by atoms with Gasteiger partial charge >= 0.3 is 0 Å². The van der Waals surface area contributed by atoms with E-state index < -0.39 is 0 Å². The second-order valence-electron chi connectivity index (χ2n) is 3.63. The number of carbonyl (C=O) groups is 1. The molecule has 0 spiro atoms. The van der Waals surface area contributed by atoms with E-state index in [1.54, 1.807) is 5.54 Å². The van der Waals surface area contributed by atoms with Gasteiger partial charge in [0.1, 0.15) is 6.29 Å². The highest BCUT2D eigenvalue weighted by molar-refractivity contribution is 6.25. The van der Waals surface area contributed by atoms with Crippen molar-refractivity contribution in [2.75, 3.05) is 13.1 Å².